The number of anilines is 1. The zero-order chi connectivity index (χ0) is 19.8. The lowest BCUT2D eigenvalue weighted by atomic mass is 10.1. The average molecular weight is 426 g/mol. The number of carbonyl (C=O) groups is 1. The highest BCUT2D eigenvalue weighted by Crippen LogP contribution is 2.28. The first kappa shape index (κ1) is 18.2. The zero-order valence-electron chi connectivity index (χ0n) is 15.8. The summed E-state index contributed by atoms with van der Waals surface area (Å²) in [5.74, 6) is -0.0147. The normalized spacial score (nSPS) is 15.1. The maximum Gasteiger partial charge on any atom is 0.263 e. The molecule has 4 aromatic heterocycles. The molecule has 1 saturated heterocycles. The molecule has 148 valence electrons. The van der Waals surface area contributed by atoms with Crippen LogP contribution in [0.3, 0.4) is 0 Å². The Bertz CT molecular complexity index is 1110. The summed E-state index contributed by atoms with van der Waals surface area (Å²) in [5.41, 5.74) is 4.37. The summed E-state index contributed by atoms with van der Waals surface area (Å²) in [6, 6.07) is 4.08. The van der Waals surface area contributed by atoms with Gasteiger partial charge in [0.1, 0.15) is 4.88 Å². The number of aromatic nitrogens is 5. The number of hydrogen-bond acceptors (Lipinski definition) is 8. The second kappa shape index (κ2) is 7.53. The zero-order valence-corrected chi connectivity index (χ0v) is 17.4. The van der Waals surface area contributed by atoms with Crippen LogP contribution in [0.4, 0.5) is 5.13 Å². The number of nitrogens with zero attached hydrogens (tertiary/aromatic N) is 6. The van der Waals surface area contributed by atoms with Crippen molar-refractivity contribution in [3.05, 3.63) is 46.8 Å². The van der Waals surface area contributed by atoms with Gasteiger partial charge in [-0.25, -0.2) is 14.5 Å². The second-order valence-electron chi connectivity index (χ2n) is 6.98. The predicted molar refractivity (Wildman–Crippen MR) is 114 cm³/mol. The maximum atomic E-state index is 12.4. The third-order valence-electron chi connectivity index (χ3n) is 5.04. The SMILES string of the molecule is Cc1ncsc1C(=O)NC1CCN(c2nn3cc(-c4cccnc4)nc3s2)CC1. The van der Waals surface area contributed by atoms with Crippen molar-refractivity contribution in [2.75, 3.05) is 18.0 Å². The van der Waals surface area contributed by atoms with Crippen molar-refractivity contribution in [2.24, 2.45) is 0 Å². The van der Waals surface area contributed by atoms with Gasteiger partial charge in [-0.3, -0.25) is 9.78 Å². The highest BCUT2D eigenvalue weighted by atomic mass is 32.1. The molecular weight excluding hydrogens is 406 g/mol. The largest absolute Gasteiger partial charge is 0.348 e. The molecule has 5 heterocycles. The molecule has 5 rings (SSSR count). The maximum absolute atomic E-state index is 12.4. The Labute approximate surface area is 175 Å². The highest BCUT2D eigenvalue weighted by molar-refractivity contribution is 7.20. The van der Waals surface area contributed by atoms with Gasteiger partial charge >= 0.3 is 0 Å². The van der Waals surface area contributed by atoms with Gasteiger partial charge in [0, 0.05) is 37.1 Å². The number of piperidine rings is 1. The Morgan fingerprint density at radius 2 is 2.17 bits per heavy atom. The van der Waals surface area contributed by atoms with E-state index in [2.05, 4.69) is 25.2 Å². The average Bonchev–Trinajstić information content (AvgIpc) is 3.44. The lowest BCUT2D eigenvalue weighted by Gasteiger charge is -2.31. The monoisotopic (exact) mass is 425 g/mol. The van der Waals surface area contributed by atoms with Crippen LogP contribution in [0, 0.1) is 6.92 Å². The van der Waals surface area contributed by atoms with E-state index in [1.165, 1.54) is 11.3 Å². The van der Waals surface area contributed by atoms with Crippen molar-refractivity contribution in [2.45, 2.75) is 25.8 Å². The lowest BCUT2D eigenvalue weighted by Crippen LogP contribution is -2.44. The third kappa shape index (κ3) is 3.60. The molecule has 0 spiro atoms. The van der Waals surface area contributed by atoms with Gasteiger partial charge in [-0.1, -0.05) is 11.3 Å². The topological polar surface area (TPSA) is 88.3 Å². The Morgan fingerprint density at radius 3 is 2.86 bits per heavy atom. The van der Waals surface area contributed by atoms with E-state index in [1.807, 2.05) is 29.8 Å². The van der Waals surface area contributed by atoms with Gasteiger partial charge in [0.05, 0.1) is 23.1 Å². The number of amides is 1. The van der Waals surface area contributed by atoms with E-state index >= 15 is 0 Å². The van der Waals surface area contributed by atoms with Crippen LogP contribution in [0.5, 0.6) is 0 Å². The fourth-order valence-electron chi connectivity index (χ4n) is 3.46. The summed E-state index contributed by atoms with van der Waals surface area (Å²) in [6.45, 7) is 3.59. The molecule has 0 atom stereocenters. The molecular formula is C19H19N7OS2. The summed E-state index contributed by atoms with van der Waals surface area (Å²) < 4.78 is 1.84. The van der Waals surface area contributed by atoms with E-state index in [0.717, 1.165) is 53.0 Å². The molecule has 4 aromatic rings. The van der Waals surface area contributed by atoms with Crippen molar-refractivity contribution in [3.8, 4) is 11.3 Å². The quantitative estimate of drug-likeness (QED) is 0.541. The molecule has 10 heteroatoms. The Morgan fingerprint density at radius 1 is 1.31 bits per heavy atom. The second-order valence-corrected chi connectivity index (χ2v) is 8.77. The first-order chi connectivity index (χ1) is 14.2. The van der Waals surface area contributed by atoms with Crippen molar-refractivity contribution in [1.29, 1.82) is 0 Å². The van der Waals surface area contributed by atoms with Crippen molar-refractivity contribution < 1.29 is 4.79 Å². The molecule has 8 nitrogen and oxygen atoms in total. The van der Waals surface area contributed by atoms with Crippen LogP contribution in [-0.2, 0) is 0 Å². The fraction of sp³-hybridized carbons (Fsp3) is 0.316. The number of imidazole rings is 1. The summed E-state index contributed by atoms with van der Waals surface area (Å²) in [7, 11) is 0. The van der Waals surface area contributed by atoms with Crippen molar-refractivity contribution in [3.63, 3.8) is 0 Å². The van der Waals surface area contributed by atoms with Gasteiger partial charge in [0.15, 0.2) is 0 Å². The first-order valence-electron chi connectivity index (χ1n) is 9.40. The summed E-state index contributed by atoms with van der Waals surface area (Å²) in [4.78, 5) is 29.2. The Kier molecular flexibility index (Phi) is 4.72. The molecule has 29 heavy (non-hydrogen) atoms. The van der Waals surface area contributed by atoms with Gasteiger partial charge < -0.3 is 10.2 Å². The minimum absolute atomic E-state index is 0.0147. The van der Waals surface area contributed by atoms with E-state index in [1.54, 1.807) is 29.2 Å². The van der Waals surface area contributed by atoms with Gasteiger partial charge in [-0.2, -0.15) is 0 Å². The van der Waals surface area contributed by atoms with Gasteiger partial charge in [-0.15, -0.1) is 16.4 Å². The van der Waals surface area contributed by atoms with Crippen LogP contribution < -0.4 is 10.2 Å². The molecule has 0 aliphatic carbocycles. The molecule has 0 saturated carbocycles. The van der Waals surface area contributed by atoms with Crippen LogP contribution in [0.1, 0.15) is 28.2 Å². The first-order valence-corrected chi connectivity index (χ1v) is 11.1. The Hall–Kier alpha value is -2.85. The van der Waals surface area contributed by atoms with E-state index in [9.17, 15) is 4.79 Å². The number of nitrogens with one attached hydrogen (secondary N) is 1. The highest BCUT2D eigenvalue weighted by Gasteiger charge is 2.24. The lowest BCUT2D eigenvalue weighted by molar-refractivity contribution is 0.0934. The molecule has 0 bridgehead atoms. The molecule has 1 fully saturated rings. The molecule has 1 aliphatic rings. The van der Waals surface area contributed by atoms with Crippen molar-refractivity contribution >= 4 is 38.7 Å². The van der Waals surface area contributed by atoms with E-state index in [-0.39, 0.29) is 11.9 Å². The summed E-state index contributed by atoms with van der Waals surface area (Å²) in [5, 5.41) is 8.82. The van der Waals surface area contributed by atoms with Crippen LogP contribution in [-0.4, -0.2) is 49.6 Å². The van der Waals surface area contributed by atoms with E-state index in [0.29, 0.717) is 4.88 Å². The predicted octanol–water partition coefficient (Wildman–Crippen LogP) is 3.02. The number of rotatable bonds is 4. The Balaban J connectivity index is 1.23. The van der Waals surface area contributed by atoms with Crippen molar-refractivity contribution in [1.82, 2.24) is 29.9 Å². The minimum atomic E-state index is -0.0147. The fourth-order valence-corrected chi connectivity index (χ4v) is 5.10. The van der Waals surface area contributed by atoms with Crippen LogP contribution in [0.15, 0.2) is 36.2 Å². The number of thiazole rings is 1. The number of carbonyl (C=O) groups excluding carboxylic acids is 1. The third-order valence-corrected chi connectivity index (χ3v) is 6.95. The standard InChI is InChI=1S/C19H19N7OS2/c1-12-16(28-11-21-12)17(27)22-14-4-7-25(8-5-14)19-24-26-10-15(23-18(26)29-19)13-3-2-6-20-9-13/h2-3,6,9-11,14H,4-5,7-8H2,1H3,(H,22,27). The van der Waals surface area contributed by atoms with E-state index < -0.39 is 0 Å². The molecule has 0 unspecified atom stereocenters. The van der Waals surface area contributed by atoms with E-state index in [4.69, 9.17) is 5.10 Å². The van der Waals surface area contributed by atoms with Gasteiger partial charge in [0.25, 0.3) is 5.91 Å². The number of pyridine rings is 1. The molecule has 0 radical (unpaired) electrons. The van der Waals surface area contributed by atoms with Crippen LogP contribution >= 0.6 is 22.7 Å². The summed E-state index contributed by atoms with van der Waals surface area (Å²) in [6.07, 6.45) is 7.29. The van der Waals surface area contributed by atoms with Gasteiger partial charge in [0.2, 0.25) is 10.1 Å². The summed E-state index contributed by atoms with van der Waals surface area (Å²) >= 11 is 2.98. The molecule has 1 N–H and O–H groups in total. The number of hydrogen-bond donors (Lipinski definition) is 1. The number of fused-ring (bicyclic) bond motifs is 1. The molecule has 0 aromatic carbocycles. The van der Waals surface area contributed by atoms with Crippen LogP contribution in [0.25, 0.3) is 16.2 Å². The smallest absolute Gasteiger partial charge is 0.263 e. The minimum Gasteiger partial charge on any atom is -0.348 e. The van der Waals surface area contributed by atoms with Crippen LogP contribution in [0.2, 0.25) is 0 Å². The molecule has 1 aliphatic heterocycles. The van der Waals surface area contributed by atoms with Gasteiger partial charge in [-0.05, 0) is 31.9 Å². The number of aryl methyl sites for hydroxylation is 1. The molecule has 1 amide bonds.